The molecule has 0 spiro atoms. The summed E-state index contributed by atoms with van der Waals surface area (Å²) in [6, 6.07) is 4.12. The minimum absolute atomic E-state index is 0.128. The van der Waals surface area contributed by atoms with Gasteiger partial charge in [0.25, 0.3) is 0 Å². The molecule has 4 heteroatoms. The van der Waals surface area contributed by atoms with E-state index in [2.05, 4.69) is 24.1 Å². The molecule has 0 unspecified atom stereocenters. The zero-order chi connectivity index (χ0) is 11.1. The van der Waals surface area contributed by atoms with Crippen LogP contribution in [0.2, 0.25) is 0 Å². The molecule has 1 aromatic carbocycles. The van der Waals surface area contributed by atoms with Crippen molar-refractivity contribution in [2.24, 2.45) is 0 Å². The van der Waals surface area contributed by atoms with Crippen molar-refractivity contribution in [1.82, 2.24) is 4.90 Å². The number of methoxy groups -OCH3 is 1. The summed E-state index contributed by atoms with van der Waals surface area (Å²) in [5.74, 6) is 1.69. The molecular formula is C12H15NO3. The van der Waals surface area contributed by atoms with Crippen LogP contribution in [0, 0.1) is 0 Å². The molecule has 0 amide bonds. The molecule has 0 aromatic heterocycles. The van der Waals surface area contributed by atoms with Crippen LogP contribution in [0.25, 0.3) is 0 Å². The summed E-state index contributed by atoms with van der Waals surface area (Å²) in [6.07, 6.45) is 0.128. The first-order valence-electron chi connectivity index (χ1n) is 5.41. The molecule has 0 aliphatic carbocycles. The molecule has 2 aliphatic rings. The van der Waals surface area contributed by atoms with Gasteiger partial charge in [-0.15, -0.1) is 0 Å². The molecule has 2 aliphatic heterocycles. The smallest absolute Gasteiger partial charge is 0.231 e. The number of ether oxygens (including phenoxy) is 3. The molecule has 16 heavy (non-hydrogen) atoms. The fraction of sp³-hybridized carbons (Fsp3) is 0.500. The Labute approximate surface area is 94.7 Å². The van der Waals surface area contributed by atoms with Gasteiger partial charge in [0, 0.05) is 20.2 Å². The molecule has 0 N–H and O–H groups in total. The first-order chi connectivity index (χ1) is 7.78. The summed E-state index contributed by atoms with van der Waals surface area (Å²) < 4.78 is 16.3. The van der Waals surface area contributed by atoms with Gasteiger partial charge in [-0.25, -0.2) is 0 Å². The SMILES string of the molecule is CO[C@H]1CN(C)Cc2cc3c(cc21)OCO3. The highest BCUT2D eigenvalue weighted by molar-refractivity contribution is 5.50. The molecule has 3 rings (SSSR count). The normalized spacial score (nSPS) is 23.2. The molecule has 0 radical (unpaired) electrons. The van der Waals surface area contributed by atoms with E-state index in [0.29, 0.717) is 6.79 Å². The van der Waals surface area contributed by atoms with Gasteiger partial charge in [-0.2, -0.15) is 0 Å². The van der Waals surface area contributed by atoms with E-state index in [1.165, 1.54) is 11.1 Å². The Kier molecular flexibility index (Phi) is 2.26. The van der Waals surface area contributed by atoms with Crippen molar-refractivity contribution in [3.05, 3.63) is 23.3 Å². The third-order valence-corrected chi connectivity index (χ3v) is 3.18. The summed E-state index contributed by atoms with van der Waals surface area (Å²) >= 11 is 0. The molecule has 0 fully saturated rings. The maximum atomic E-state index is 5.51. The van der Waals surface area contributed by atoms with Crippen LogP contribution in [-0.4, -0.2) is 32.4 Å². The van der Waals surface area contributed by atoms with E-state index < -0.39 is 0 Å². The third-order valence-electron chi connectivity index (χ3n) is 3.18. The highest BCUT2D eigenvalue weighted by Gasteiger charge is 2.27. The molecular weight excluding hydrogens is 206 g/mol. The van der Waals surface area contributed by atoms with Gasteiger partial charge in [0.05, 0.1) is 6.10 Å². The van der Waals surface area contributed by atoms with Gasteiger partial charge < -0.3 is 14.2 Å². The summed E-state index contributed by atoms with van der Waals surface area (Å²) in [7, 11) is 3.84. The van der Waals surface area contributed by atoms with Crippen LogP contribution in [0.15, 0.2) is 12.1 Å². The topological polar surface area (TPSA) is 30.9 Å². The second-order valence-electron chi connectivity index (χ2n) is 4.33. The zero-order valence-corrected chi connectivity index (χ0v) is 9.53. The number of rotatable bonds is 1. The number of nitrogens with zero attached hydrogens (tertiary/aromatic N) is 1. The summed E-state index contributed by atoms with van der Waals surface area (Å²) in [6.45, 7) is 2.18. The molecule has 1 atom stereocenters. The number of hydrogen-bond acceptors (Lipinski definition) is 4. The van der Waals surface area contributed by atoms with Gasteiger partial charge in [0.2, 0.25) is 6.79 Å². The molecule has 2 heterocycles. The predicted octanol–water partition coefficient (Wildman–Crippen LogP) is 1.55. The molecule has 0 saturated carbocycles. The second-order valence-corrected chi connectivity index (χ2v) is 4.33. The van der Waals surface area contributed by atoms with Crippen molar-refractivity contribution in [2.45, 2.75) is 12.6 Å². The Morgan fingerprint density at radius 3 is 2.81 bits per heavy atom. The molecule has 86 valence electrons. The lowest BCUT2D eigenvalue weighted by molar-refractivity contribution is 0.0576. The van der Waals surface area contributed by atoms with E-state index in [1.54, 1.807) is 7.11 Å². The van der Waals surface area contributed by atoms with Crippen LogP contribution in [0.1, 0.15) is 17.2 Å². The van der Waals surface area contributed by atoms with E-state index in [9.17, 15) is 0 Å². The maximum Gasteiger partial charge on any atom is 0.231 e. The fourth-order valence-corrected chi connectivity index (χ4v) is 2.37. The van der Waals surface area contributed by atoms with Crippen molar-refractivity contribution in [1.29, 1.82) is 0 Å². The average molecular weight is 221 g/mol. The molecule has 0 bridgehead atoms. The largest absolute Gasteiger partial charge is 0.454 e. The van der Waals surface area contributed by atoms with Gasteiger partial charge >= 0.3 is 0 Å². The van der Waals surface area contributed by atoms with Crippen molar-refractivity contribution in [2.75, 3.05) is 27.5 Å². The first-order valence-corrected chi connectivity index (χ1v) is 5.41. The van der Waals surface area contributed by atoms with Crippen molar-refractivity contribution >= 4 is 0 Å². The van der Waals surface area contributed by atoms with E-state index in [1.807, 2.05) is 0 Å². The van der Waals surface area contributed by atoms with Crippen LogP contribution in [0.3, 0.4) is 0 Å². The number of benzene rings is 1. The van der Waals surface area contributed by atoms with E-state index in [0.717, 1.165) is 24.6 Å². The summed E-state index contributed by atoms with van der Waals surface area (Å²) in [5, 5.41) is 0. The second kappa shape index (κ2) is 3.64. The van der Waals surface area contributed by atoms with Crippen LogP contribution in [0.4, 0.5) is 0 Å². The van der Waals surface area contributed by atoms with Crippen LogP contribution in [0.5, 0.6) is 11.5 Å². The maximum absolute atomic E-state index is 5.51. The van der Waals surface area contributed by atoms with Crippen LogP contribution < -0.4 is 9.47 Å². The Bertz CT molecular complexity index is 419. The van der Waals surface area contributed by atoms with E-state index in [-0.39, 0.29) is 6.10 Å². The quantitative estimate of drug-likeness (QED) is 0.720. The molecule has 1 aromatic rings. The Morgan fingerprint density at radius 2 is 2.06 bits per heavy atom. The Hall–Kier alpha value is -1.26. The van der Waals surface area contributed by atoms with E-state index >= 15 is 0 Å². The van der Waals surface area contributed by atoms with E-state index in [4.69, 9.17) is 14.2 Å². The highest BCUT2D eigenvalue weighted by atomic mass is 16.7. The fourth-order valence-electron chi connectivity index (χ4n) is 2.37. The lowest BCUT2D eigenvalue weighted by atomic mass is 9.97. The van der Waals surface area contributed by atoms with Gasteiger partial charge in [0.1, 0.15) is 0 Å². The van der Waals surface area contributed by atoms with Gasteiger partial charge in [-0.1, -0.05) is 0 Å². The number of hydrogen-bond donors (Lipinski definition) is 0. The molecule has 4 nitrogen and oxygen atoms in total. The van der Waals surface area contributed by atoms with Gasteiger partial charge in [0.15, 0.2) is 11.5 Å². The van der Waals surface area contributed by atoms with Crippen molar-refractivity contribution in [3.63, 3.8) is 0 Å². The number of likely N-dealkylation sites (N-methyl/N-ethyl adjacent to an activating group) is 1. The minimum Gasteiger partial charge on any atom is -0.454 e. The van der Waals surface area contributed by atoms with Gasteiger partial charge in [-0.05, 0) is 30.3 Å². The standard InChI is InChI=1S/C12H15NO3/c1-13-5-8-3-10-11(16-7-15-10)4-9(8)12(6-13)14-2/h3-4,12H,5-7H2,1-2H3/t12-/m0/s1. The average Bonchev–Trinajstić information content (AvgIpc) is 2.72. The zero-order valence-electron chi connectivity index (χ0n) is 9.53. The monoisotopic (exact) mass is 221 g/mol. The molecule has 0 saturated heterocycles. The highest BCUT2D eigenvalue weighted by Crippen LogP contribution is 2.39. The summed E-state index contributed by atoms with van der Waals surface area (Å²) in [5.41, 5.74) is 2.50. The Balaban J connectivity index is 2.07. The van der Waals surface area contributed by atoms with Crippen molar-refractivity contribution < 1.29 is 14.2 Å². The predicted molar refractivity (Wildman–Crippen MR) is 58.6 cm³/mol. The minimum atomic E-state index is 0.128. The lowest BCUT2D eigenvalue weighted by Gasteiger charge is -2.31. The van der Waals surface area contributed by atoms with Crippen molar-refractivity contribution in [3.8, 4) is 11.5 Å². The Morgan fingerprint density at radius 1 is 1.31 bits per heavy atom. The van der Waals surface area contributed by atoms with Crippen LogP contribution >= 0.6 is 0 Å². The first kappa shape index (κ1) is 9.93. The number of fused-ring (bicyclic) bond motifs is 2. The summed E-state index contributed by atoms with van der Waals surface area (Å²) in [4.78, 5) is 2.25. The van der Waals surface area contributed by atoms with Crippen LogP contribution in [-0.2, 0) is 11.3 Å². The lowest BCUT2D eigenvalue weighted by Crippen LogP contribution is -2.31. The third kappa shape index (κ3) is 1.45. The van der Waals surface area contributed by atoms with Gasteiger partial charge in [-0.3, -0.25) is 4.90 Å².